The Hall–Kier alpha value is -0.620. The third-order valence-corrected chi connectivity index (χ3v) is 9.44. The van der Waals surface area contributed by atoms with Crippen LogP contribution in [0.15, 0.2) is 0 Å². The molecule has 1 aromatic rings. The van der Waals surface area contributed by atoms with Gasteiger partial charge in [0.05, 0.1) is 40.9 Å². The van der Waals surface area contributed by atoms with Crippen LogP contribution in [0.2, 0.25) is 0 Å². The summed E-state index contributed by atoms with van der Waals surface area (Å²) >= 11 is 5.71. The molecule has 0 spiro atoms. The van der Waals surface area contributed by atoms with Gasteiger partial charge < -0.3 is 70.8 Å². The number of halogens is 3. The van der Waals surface area contributed by atoms with Crippen molar-refractivity contribution in [2.45, 2.75) is 68.7 Å². The lowest BCUT2D eigenvalue weighted by molar-refractivity contribution is -0.383. The molecule has 17 nitrogen and oxygen atoms in total. The minimum Gasteiger partial charge on any atom is -0.478 e. The van der Waals surface area contributed by atoms with Crippen LogP contribution in [0.5, 0.6) is 0 Å². The normalized spacial score (nSPS) is 32.0. The van der Waals surface area contributed by atoms with E-state index in [1.54, 1.807) is 0 Å². The van der Waals surface area contributed by atoms with Crippen molar-refractivity contribution in [3.8, 4) is 0 Å². The zero-order chi connectivity index (χ0) is 33.0. The second-order valence-corrected chi connectivity index (χ2v) is 12.5. The maximum atomic E-state index is 11.4. The summed E-state index contributed by atoms with van der Waals surface area (Å²) in [5, 5.41) is 91.2. The SMILES string of the molecule is CC(=O)Nc1c(I)c(NC(C)=O)c(I)c(C(=O)O)c1I.OC[C@H]1O[C@@](CO)(O[C@H]2O[C@H](CO)[C@@H](O)[C@H](O)[C@H]2O)[C@@H](O)[C@@H]1O. The molecule has 0 unspecified atom stereocenters. The molecular weight excluding hydrogens is 925 g/mol. The summed E-state index contributed by atoms with van der Waals surface area (Å²) in [6, 6.07) is 0. The lowest BCUT2D eigenvalue weighted by Gasteiger charge is -2.43. The number of nitrogens with one attached hydrogen (secondary N) is 2. The van der Waals surface area contributed by atoms with Gasteiger partial charge in [-0.1, -0.05) is 0 Å². The molecule has 0 radical (unpaired) electrons. The number of aromatic carboxylic acids is 1. The van der Waals surface area contributed by atoms with Crippen molar-refractivity contribution >= 4 is 96.9 Å². The van der Waals surface area contributed by atoms with E-state index in [1.807, 2.05) is 67.8 Å². The van der Waals surface area contributed by atoms with Crippen LogP contribution in [-0.2, 0) is 23.8 Å². The number of hydrogen-bond donors (Lipinski definition) is 11. The number of aliphatic hydroxyl groups is 8. The van der Waals surface area contributed by atoms with Gasteiger partial charge in [0, 0.05) is 13.8 Å². The van der Waals surface area contributed by atoms with E-state index in [1.165, 1.54) is 13.8 Å². The molecule has 0 aliphatic carbocycles. The van der Waals surface area contributed by atoms with Crippen molar-refractivity contribution in [3.05, 3.63) is 16.3 Å². The fraction of sp³-hybridized carbons (Fsp3) is 0.609. The second kappa shape index (κ2) is 16.3. The molecule has 2 amide bonds. The van der Waals surface area contributed by atoms with E-state index in [-0.39, 0.29) is 17.4 Å². The monoisotopic (exact) mass is 956 g/mol. The van der Waals surface area contributed by atoms with Crippen LogP contribution >= 0.6 is 67.8 Å². The number of anilines is 2. The molecule has 2 aliphatic rings. The first-order chi connectivity index (χ1) is 20.0. The van der Waals surface area contributed by atoms with E-state index in [4.69, 9.17) is 24.4 Å². The zero-order valence-electron chi connectivity index (χ0n) is 22.3. The van der Waals surface area contributed by atoms with Gasteiger partial charge in [0.15, 0.2) is 6.29 Å². The van der Waals surface area contributed by atoms with Gasteiger partial charge in [-0.25, -0.2) is 4.79 Å². The van der Waals surface area contributed by atoms with E-state index in [2.05, 4.69) is 10.6 Å². The molecule has 2 fully saturated rings. The lowest BCUT2D eigenvalue weighted by atomic mass is 9.99. The molecule has 0 bridgehead atoms. The Morgan fingerprint density at radius 2 is 1.28 bits per heavy atom. The fourth-order valence-electron chi connectivity index (χ4n) is 4.05. The predicted molar refractivity (Wildman–Crippen MR) is 169 cm³/mol. The third-order valence-electron chi connectivity index (χ3n) is 6.20. The third kappa shape index (κ3) is 8.60. The number of carboxylic acids is 1. The van der Waals surface area contributed by atoms with Crippen LogP contribution in [0, 0.1) is 10.7 Å². The van der Waals surface area contributed by atoms with Crippen LogP contribution in [0.25, 0.3) is 0 Å². The first-order valence-corrected chi connectivity index (χ1v) is 15.4. The van der Waals surface area contributed by atoms with Gasteiger partial charge in [-0.3, -0.25) is 9.59 Å². The van der Waals surface area contributed by atoms with Crippen molar-refractivity contribution in [1.29, 1.82) is 0 Å². The Morgan fingerprint density at radius 1 is 0.791 bits per heavy atom. The molecule has 43 heavy (non-hydrogen) atoms. The quantitative estimate of drug-likeness (QED) is 0.123. The Balaban J connectivity index is 0.000000304. The van der Waals surface area contributed by atoms with E-state index < -0.39 is 80.6 Å². The van der Waals surface area contributed by atoms with E-state index in [0.717, 1.165) is 0 Å². The van der Waals surface area contributed by atoms with Gasteiger partial charge in [0.1, 0.15) is 49.3 Å². The Labute approximate surface area is 284 Å². The molecule has 0 saturated carbocycles. The summed E-state index contributed by atoms with van der Waals surface area (Å²) in [6.07, 6.45) is -12.7. The number of amides is 2. The molecule has 2 heterocycles. The number of rotatable bonds is 8. The molecule has 2 saturated heterocycles. The number of carbonyl (C=O) groups excluding carboxylic acids is 2. The minimum atomic E-state index is -2.22. The molecular formula is C23H31I3N2O15. The second-order valence-electron chi connectivity index (χ2n) is 9.29. The van der Waals surface area contributed by atoms with Crippen LogP contribution in [0.4, 0.5) is 11.4 Å². The Bertz CT molecular complexity index is 1150. The number of aliphatic hydroxyl groups excluding tert-OH is 8. The van der Waals surface area contributed by atoms with Crippen molar-refractivity contribution in [2.24, 2.45) is 0 Å². The van der Waals surface area contributed by atoms with Gasteiger partial charge in [0.2, 0.25) is 17.6 Å². The number of hydrogen-bond acceptors (Lipinski definition) is 14. The average molecular weight is 956 g/mol. The number of benzene rings is 1. The lowest BCUT2D eigenvalue weighted by Crippen LogP contribution is -2.62. The average Bonchev–Trinajstić information content (AvgIpc) is 3.18. The molecule has 244 valence electrons. The highest BCUT2D eigenvalue weighted by Gasteiger charge is 2.58. The minimum absolute atomic E-state index is 0.0547. The molecule has 20 heteroatoms. The summed E-state index contributed by atoms with van der Waals surface area (Å²) in [5.41, 5.74) is 0.833. The maximum Gasteiger partial charge on any atom is 0.338 e. The van der Waals surface area contributed by atoms with Crippen LogP contribution in [0.1, 0.15) is 24.2 Å². The standard InChI is InChI=1S/C12H22O11.C11H9I3N2O4/c13-1-4-6(16)8(18)9(19)11(21-4)23-12(3-15)10(20)7(17)5(2-14)22-12;1-3(17)15-9-6(12)5(11(19)20)7(13)10(8(9)14)16-4(2)18/h4-11,13-20H,1-3H2;1-2H3,(H,15,17)(H,16,18)(H,19,20)/t4-,5-,6-,7-,8+,9-,10+,11-,12+;/m1./s1. The van der Waals surface area contributed by atoms with Crippen LogP contribution in [-0.4, -0.2) is 138 Å². The summed E-state index contributed by atoms with van der Waals surface area (Å²) in [4.78, 5) is 33.9. The summed E-state index contributed by atoms with van der Waals surface area (Å²) in [5.74, 6) is -3.96. The van der Waals surface area contributed by atoms with E-state index >= 15 is 0 Å². The van der Waals surface area contributed by atoms with Crippen molar-refractivity contribution < 1.29 is 74.6 Å². The Kier molecular flexibility index (Phi) is 14.6. The molecule has 11 N–H and O–H groups in total. The van der Waals surface area contributed by atoms with Gasteiger partial charge >= 0.3 is 5.97 Å². The molecule has 9 atom stereocenters. The number of carboxylic acid groups (broad SMARTS) is 1. The Morgan fingerprint density at radius 3 is 1.65 bits per heavy atom. The topological polar surface area (TPSA) is 285 Å². The predicted octanol–water partition coefficient (Wildman–Crippen LogP) is -2.28. The molecule has 2 aliphatic heterocycles. The fourth-order valence-corrected chi connectivity index (χ4v) is 8.22. The highest BCUT2D eigenvalue weighted by atomic mass is 127. The zero-order valence-corrected chi connectivity index (χ0v) is 28.8. The number of carbonyl (C=O) groups is 3. The molecule has 1 aromatic carbocycles. The maximum absolute atomic E-state index is 11.4. The van der Waals surface area contributed by atoms with Crippen LogP contribution < -0.4 is 10.6 Å². The van der Waals surface area contributed by atoms with Gasteiger partial charge in [-0.2, -0.15) is 0 Å². The smallest absolute Gasteiger partial charge is 0.338 e. The molecule has 3 rings (SSSR count). The molecule has 0 aromatic heterocycles. The first kappa shape index (κ1) is 38.6. The van der Waals surface area contributed by atoms with Gasteiger partial charge in [-0.05, 0) is 67.8 Å². The summed E-state index contributed by atoms with van der Waals surface area (Å²) < 4.78 is 16.9. The van der Waals surface area contributed by atoms with Gasteiger partial charge in [0.25, 0.3) is 0 Å². The first-order valence-electron chi connectivity index (χ1n) is 12.2. The summed E-state index contributed by atoms with van der Waals surface area (Å²) in [6.45, 7) is 0.349. The van der Waals surface area contributed by atoms with Crippen molar-refractivity contribution in [2.75, 3.05) is 30.5 Å². The largest absolute Gasteiger partial charge is 0.478 e. The number of ether oxygens (including phenoxy) is 3. The van der Waals surface area contributed by atoms with E-state index in [9.17, 15) is 50.1 Å². The van der Waals surface area contributed by atoms with Gasteiger partial charge in [-0.15, -0.1) is 0 Å². The van der Waals surface area contributed by atoms with Crippen LogP contribution in [0.3, 0.4) is 0 Å². The van der Waals surface area contributed by atoms with Crippen molar-refractivity contribution in [3.63, 3.8) is 0 Å². The highest BCUT2D eigenvalue weighted by Crippen LogP contribution is 2.39. The summed E-state index contributed by atoms with van der Waals surface area (Å²) in [7, 11) is 0. The highest BCUT2D eigenvalue weighted by molar-refractivity contribution is 14.1. The van der Waals surface area contributed by atoms with Crippen molar-refractivity contribution in [1.82, 2.24) is 0 Å². The van der Waals surface area contributed by atoms with E-state index in [0.29, 0.717) is 22.1 Å².